The van der Waals surface area contributed by atoms with Crippen molar-refractivity contribution in [1.82, 2.24) is 5.43 Å². The molecule has 0 fully saturated rings. The summed E-state index contributed by atoms with van der Waals surface area (Å²) in [5, 5.41) is 4.24. The van der Waals surface area contributed by atoms with Crippen LogP contribution in [0.15, 0.2) is 16.9 Å². The fraction of sp³-hybridized carbons (Fsp3) is 0.786. The third-order valence-electron chi connectivity index (χ3n) is 2.12. The lowest BCUT2D eigenvalue weighted by molar-refractivity contribution is 0.398. The average Bonchev–Trinajstić information content (AvgIpc) is 2.07. The van der Waals surface area contributed by atoms with Crippen LogP contribution < -0.4 is 11.2 Å². The number of nitrogens with zero attached hydrogens (tertiary/aromatic N) is 1. The SMILES string of the molecule is C/C=C(/CC(C)(C)C)N/N=C(\N)CC(C)(C)C. The second-order valence-corrected chi connectivity index (χ2v) is 7.00. The Morgan fingerprint density at radius 2 is 1.53 bits per heavy atom. The Labute approximate surface area is 107 Å². The summed E-state index contributed by atoms with van der Waals surface area (Å²) in [5.74, 6) is 0.658. The summed E-state index contributed by atoms with van der Waals surface area (Å²) in [7, 11) is 0. The first kappa shape index (κ1) is 16.0. The van der Waals surface area contributed by atoms with E-state index in [0.29, 0.717) is 5.84 Å². The third-order valence-corrected chi connectivity index (χ3v) is 2.12. The number of hydrazone groups is 1. The summed E-state index contributed by atoms with van der Waals surface area (Å²) < 4.78 is 0. The van der Waals surface area contributed by atoms with E-state index in [0.717, 1.165) is 18.5 Å². The first-order valence-corrected chi connectivity index (χ1v) is 6.27. The zero-order chi connectivity index (χ0) is 13.7. The molecule has 0 aliphatic heterocycles. The van der Waals surface area contributed by atoms with E-state index in [1.807, 2.05) is 6.92 Å². The Bertz CT molecular complexity index is 288. The molecule has 3 N–H and O–H groups in total. The van der Waals surface area contributed by atoms with E-state index in [-0.39, 0.29) is 10.8 Å². The number of amidine groups is 1. The Kier molecular flexibility index (Phi) is 5.73. The highest BCUT2D eigenvalue weighted by molar-refractivity contribution is 5.80. The first-order chi connectivity index (χ1) is 7.53. The average molecular weight is 239 g/mol. The van der Waals surface area contributed by atoms with E-state index in [9.17, 15) is 0 Å². The van der Waals surface area contributed by atoms with Crippen molar-refractivity contribution in [2.24, 2.45) is 21.7 Å². The quantitative estimate of drug-likeness (QED) is 0.447. The molecule has 0 heterocycles. The number of hydrogen-bond donors (Lipinski definition) is 2. The van der Waals surface area contributed by atoms with Gasteiger partial charge in [0.1, 0.15) is 5.84 Å². The van der Waals surface area contributed by atoms with Gasteiger partial charge in [-0.15, -0.1) is 0 Å². The van der Waals surface area contributed by atoms with Crippen molar-refractivity contribution < 1.29 is 0 Å². The molecule has 3 nitrogen and oxygen atoms in total. The van der Waals surface area contributed by atoms with Crippen LogP contribution in [0, 0.1) is 10.8 Å². The number of rotatable bonds is 4. The van der Waals surface area contributed by atoms with Crippen LogP contribution in [0.3, 0.4) is 0 Å². The molecule has 3 heteroatoms. The number of allylic oxidation sites excluding steroid dienone is 2. The Balaban J connectivity index is 4.38. The van der Waals surface area contributed by atoms with Crippen molar-refractivity contribution >= 4 is 5.84 Å². The van der Waals surface area contributed by atoms with Crippen molar-refractivity contribution in [2.75, 3.05) is 0 Å². The fourth-order valence-electron chi connectivity index (χ4n) is 1.50. The standard InChI is InChI=1S/C14H29N3/c1-8-11(9-13(2,3)4)16-17-12(15)10-14(5,6)7/h8,16H,9-10H2,1-7H3,(H2,15,17)/b11-8-. The molecule has 0 aliphatic rings. The lowest BCUT2D eigenvalue weighted by Crippen LogP contribution is -2.24. The molecular weight excluding hydrogens is 210 g/mol. The Morgan fingerprint density at radius 3 is 1.88 bits per heavy atom. The van der Waals surface area contributed by atoms with E-state index >= 15 is 0 Å². The molecule has 0 rings (SSSR count). The topological polar surface area (TPSA) is 50.4 Å². The Morgan fingerprint density at radius 1 is 1.06 bits per heavy atom. The number of nitrogens with one attached hydrogen (secondary N) is 1. The fourth-order valence-corrected chi connectivity index (χ4v) is 1.50. The minimum Gasteiger partial charge on any atom is -0.386 e. The van der Waals surface area contributed by atoms with Gasteiger partial charge in [-0.3, -0.25) is 5.43 Å². The van der Waals surface area contributed by atoms with Crippen LogP contribution in [-0.4, -0.2) is 5.84 Å². The van der Waals surface area contributed by atoms with Crippen LogP contribution in [0.5, 0.6) is 0 Å². The first-order valence-electron chi connectivity index (χ1n) is 6.27. The van der Waals surface area contributed by atoms with Gasteiger partial charge in [-0.25, -0.2) is 0 Å². The van der Waals surface area contributed by atoms with Crippen LogP contribution >= 0.6 is 0 Å². The van der Waals surface area contributed by atoms with Crippen LogP contribution in [0.4, 0.5) is 0 Å². The van der Waals surface area contributed by atoms with E-state index in [2.05, 4.69) is 58.1 Å². The molecule has 0 atom stereocenters. The largest absolute Gasteiger partial charge is 0.386 e. The molecule has 0 amide bonds. The molecular formula is C14H29N3. The van der Waals surface area contributed by atoms with Crippen molar-refractivity contribution in [1.29, 1.82) is 0 Å². The van der Waals surface area contributed by atoms with Gasteiger partial charge < -0.3 is 5.73 Å². The lowest BCUT2D eigenvalue weighted by Gasteiger charge is -2.21. The zero-order valence-electron chi connectivity index (χ0n) is 12.5. The highest BCUT2D eigenvalue weighted by Gasteiger charge is 2.14. The van der Waals surface area contributed by atoms with E-state index < -0.39 is 0 Å². The van der Waals surface area contributed by atoms with Gasteiger partial charge in [0.15, 0.2) is 0 Å². The minimum absolute atomic E-state index is 0.176. The van der Waals surface area contributed by atoms with Crippen LogP contribution in [0.25, 0.3) is 0 Å². The van der Waals surface area contributed by atoms with Gasteiger partial charge in [-0.1, -0.05) is 47.6 Å². The molecule has 0 aliphatic carbocycles. The maximum Gasteiger partial charge on any atom is 0.120 e. The van der Waals surface area contributed by atoms with Gasteiger partial charge in [0.2, 0.25) is 0 Å². The van der Waals surface area contributed by atoms with E-state index in [1.54, 1.807) is 0 Å². The van der Waals surface area contributed by atoms with Gasteiger partial charge >= 0.3 is 0 Å². The van der Waals surface area contributed by atoms with Gasteiger partial charge in [-0.05, 0) is 24.2 Å². The third kappa shape index (κ3) is 9.91. The number of hydrogen-bond acceptors (Lipinski definition) is 2. The summed E-state index contributed by atoms with van der Waals surface area (Å²) in [6, 6.07) is 0. The highest BCUT2D eigenvalue weighted by atomic mass is 15.3. The van der Waals surface area contributed by atoms with Gasteiger partial charge in [0.05, 0.1) is 0 Å². The normalized spacial score (nSPS) is 15.0. The van der Waals surface area contributed by atoms with E-state index in [1.165, 1.54) is 0 Å². The van der Waals surface area contributed by atoms with Gasteiger partial charge in [-0.2, -0.15) is 5.10 Å². The predicted octanol–water partition coefficient (Wildman–Crippen LogP) is 3.62. The minimum atomic E-state index is 0.176. The molecule has 0 aromatic rings. The molecule has 0 unspecified atom stereocenters. The van der Waals surface area contributed by atoms with Crippen molar-refractivity contribution in [3.8, 4) is 0 Å². The summed E-state index contributed by atoms with van der Waals surface area (Å²) in [6.07, 6.45) is 3.82. The zero-order valence-corrected chi connectivity index (χ0v) is 12.5. The van der Waals surface area contributed by atoms with Crippen molar-refractivity contribution in [2.45, 2.75) is 61.3 Å². The van der Waals surface area contributed by atoms with Gasteiger partial charge in [0, 0.05) is 12.1 Å². The lowest BCUT2D eigenvalue weighted by atomic mass is 9.90. The summed E-state index contributed by atoms with van der Waals surface area (Å²) in [5.41, 5.74) is 10.5. The summed E-state index contributed by atoms with van der Waals surface area (Å²) >= 11 is 0. The second kappa shape index (κ2) is 6.08. The maximum atomic E-state index is 5.89. The maximum absolute atomic E-state index is 5.89. The monoisotopic (exact) mass is 239 g/mol. The Hall–Kier alpha value is -0.990. The molecule has 17 heavy (non-hydrogen) atoms. The molecule has 0 saturated heterocycles. The highest BCUT2D eigenvalue weighted by Crippen LogP contribution is 2.22. The van der Waals surface area contributed by atoms with Crippen LogP contribution in [0.2, 0.25) is 0 Å². The van der Waals surface area contributed by atoms with Crippen molar-refractivity contribution in [3.63, 3.8) is 0 Å². The second-order valence-electron chi connectivity index (χ2n) is 7.00. The molecule has 0 spiro atoms. The molecule has 0 radical (unpaired) electrons. The van der Waals surface area contributed by atoms with Crippen LogP contribution in [-0.2, 0) is 0 Å². The van der Waals surface area contributed by atoms with E-state index in [4.69, 9.17) is 5.73 Å². The molecule has 0 bridgehead atoms. The molecule has 0 aromatic heterocycles. The van der Waals surface area contributed by atoms with Gasteiger partial charge in [0.25, 0.3) is 0 Å². The van der Waals surface area contributed by atoms with Crippen LogP contribution in [0.1, 0.15) is 61.3 Å². The van der Waals surface area contributed by atoms with Crippen molar-refractivity contribution in [3.05, 3.63) is 11.8 Å². The molecule has 0 saturated carbocycles. The molecule has 0 aromatic carbocycles. The summed E-state index contributed by atoms with van der Waals surface area (Å²) in [4.78, 5) is 0. The smallest absolute Gasteiger partial charge is 0.120 e. The molecule has 100 valence electrons. The summed E-state index contributed by atoms with van der Waals surface area (Å²) in [6.45, 7) is 15.1. The predicted molar refractivity (Wildman–Crippen MR) is 76.7 cm³/mol. The number of nitrogens with two attached hydrogens (primary N) is 1.